The van der Waals surface area contributed by atoms with E-state index < -0.39 is 0 Å². The molecular formula is C13H14O. The van der Waals surface area contributed by atoms with Crippen LogP contribution in [0.3, 0.4) is 0 Å². The molecule has 0 saturated heterocycles. The number of benzene rings is 1. The van der Waals surface area contributed by atoms with Gasteiger partial charge in [0.05, 0.1) is 0 Å². The predicted molar refractivity (Wildman–Crippen MR) is 56.1 cm³/mol. The summed E-state index contributed by atoms with van der Waals surface area (Å²) in [6, 6.07) is 6.78. The molecule has 1 aromatic carbocycles. The topological polar surface area (TPSA) is 9.23 Å². The second-order valence-corrected chi connectivity index (χ2v) is 4.08. The first-order valence-electron chi connectivity index (χ1n) is 5.35. The Kier molecular flexibility index (Phi) is 1.74. The van der Waals surface area contributed by atoms with Crippen molar-refractivity contribution in [3.8, 4) is 0 Å². The Morgan fingerprint density at radius 1 is 1.14 bits per heavy atom. The first kappa shape index (κ1) is 8.25. The number of hydrogen-bond donors (Lipinski definition) is 0. The lowest BCUT2D eigenvalue weighted by atomic mass is 9.94. The van der Waals surface area contributed by atoms with Gasteiger partial charge < -0.3 is 4.74 Å². The van der Waals surface area contributed by atoms with E-state index in [9.17, 15) is 0 Å². The summed E-state index contributed by atoms with van der Waals surface area (Å²) in [5, 5.41) is 0. The van der Waals surface area contributed by atoms with Crippen LogP contribution in [0.2, 0.25) is 0 Å². The SMILES string of the molecule is CCCc1ccc2c(c1)[C@H]1C=C[C@@H]2O1. The van der Waals surface area contributed by atoms with E-state index in [4.69, 9.17) is 4.74 Å². The molecule has 0 fully saturated rings. The van der Waals surface area contributed by atoms with Crippen LogP contribution in [0.1, 0.15) is 42.2 Å². The third kappa shape index (κ3) is 1.05. The van der Waals surface area contributed by atoms with E-state index in [-0.39, 0.29) is 12.2 Å². The van der Waals surface area contributed by atoms with Crippen molar-refractivity contribution < 1.29 is 4.74 Å². The number of ether oxygens (including phenoxy) is 1. The molecule has 2 heterocycles. The Labute approximate surface area is 84.4 Å². The Hall–Kier alpha value is -1.08. The first-order valence-corrected chi connectivity index (χ1v) is 5.35. The molecule has 0 aromatic heterocycles. The molecule has 1 nitrogen and oxygen atoms in total. The highest BCUT2D eigenvalue weighted by Crippen LogP contribution is 2.45. The molecule has 2 atom stereocenters. The van der Waals surface area contributed by atoms with E-state index in [0.29, 0.717) is 0 Å². The summed E-state index contributed by atoms with van der Waals surface area (Å²) in [5.74, 6) is 0. The van der Waals surface area contributed by atoms with Crippen LogP contribution in [0.5, 0.6) is 0 Å². The Bertz CT molecular complexity index is 392. The van der Waals surface area contributed by atoms with Crippen LogP contribution in [0.15, 0.2) is 30.4 Å². The van der Waals surface area contributed by atoms with E-state index in [2.05, 4.69) is 37.3 Å². The zero-order valence-electron chi connectivity index (χ0n) is 8.36. The summed E-state index contributed by atoms with van der Waals surface area (Å²) in [6.45, 7) is 2.22. The Balaban J connectivity index is 2.02. The maximum absolute atomic E-state index is 5.76. The normalized spacial score (nSPS) is 26.9. The van der Waals surface area contributed by atoms with E-state index in [1.165, 1.54) is 29.5 Å². The van der Waals surface area contributed by atoms with Gasteiger partial charge in [-0.15, -0.1) is 0 Å². The zero-order chi connectivity index (χ0) is 9.54. The Morgan fingerprint density at radius 3 is 2.71 bits per heavy atom. The fourth-order valence-electron chi connectivity index (χ4n) is 2.38. The van der Waals surface area contributed by atoms with Gasteiger partial charge in [0.2, 0.25) is 0 Å². The van der Waals surface area contributed by atoms with Crippen LogP contribution in [0.25, 0.3) is 0 Å². The minimum Gasteiger partial charge on any atom is -0.357 e. The average Bonchev–Trinajstić information content (AvgIpc) is 2.78. The highest BCUT2D eigenvalue weighted by Gasteiger charge is 2.33. The van der Waals surface area contributed by atoms with Crippen LogP contribution in [0.4, 0.5) is 0 Å². The molecule has 0 radical (unpaired) electrons. The molecule has 1 heteroatoms. The lowest BCUT2D eigenvalue weighted by molar-refractivity contribution is 0.0878. The molecular weight excluding hydrogens is 172 g/mol. The summed E-state index contributed by atoms with van der Waals surface area (Å²) < 4.78 is 5.76. The molecule has 0 saturated carbocycles. The van der Waals surface area contributed by atoms with Crippen LogP contribution >= 0.6 is 0 Å². The number of aryl methyl sites for hydroxylation is 1. The van der Waals surface area contributed by atoms with Crippen molar-refractivity contribution in [2.24, 2.45) is 0 Å². The molecule has 2 aliphatic heterocycles. The molecule has 2 bridgehead atoms. The molecule has 2 aliphatic rings. The quantitative estimate of drug-likeness (QED) is 0.644. The van der Waals surface area contributed by atoms with Crippen molar-refractivity contribution in [3.05, 3.63) is 47.0 Å². The van der Waals surface area contributed by atoms with Gasteiger partial charge in [-0.2, -0.15) is 0 Å². The van der Waals surface area contributed by atoms with Crippen molar-refractivity contribution in [1.29, 1.82) is 0 Å². The summed E-state index contributed by atoms with van der Waals surface area (Å²) >= 11 is 0. The van der Waals surface area contributed by atoms with Gasteiger partial charge in [-0.1, -0.05) is 43.7 Å². The van der Waals surface area contributed by atoms with Crippen LogP contribution in [-0.2, 0) is 11.2 Å². The van der Waals surface area contributed by atoms with Gasteiger partial charge in [-0.3, -0.25) is 0 Å². The zero-order valence-corrected chi connectivity index (χ0v) is 8.36. The maximum atomic E-state index is 5.76. The van der Waals surface area contributed by atoms with E-state index in [0.717, 1.165) is 0 Å². The van der Waals surface area contributed by atoms with Crippen LogP contribution in [0, 0.1) is 0 Å². The average molecular weight is 186 g/mol. The van der Waals surface area contributed by atoms with E-state index >= 15 is 0 Å². The minimum atomic E-state index is 0.241. The molecule has 0 unspecified atom stereocenters. The van der Waals surface area contributed by atoms with Gasteiger partial charge in [-0.05, 0) is 23.1 Å². The second-order valence-electron chi connectivity index (χ2n) is 4.08. The van der Waals surface area contributed by atoms with Crippen molar-refractivity contribution >= 4 is 0 Å². The monoisotopic (exact) mass is 186 g/mol. The summed E-state index contributed by atoms with van der Waals surface area (Å²) in [4.78, 5) is 0. The fraction of sp³-hybridized carbons (Fsp3) is 0.385. The van der Waals surface area contributed by atoms with Gasteiger partial charge in [-0.25, -0.2) is 0 Å². The molecule has 3 rings (SSSR count). The molecule has 0 aliphatic carbocycles. The predicted octanol–water partition coefficient (Wildman–Crippen LogP) is 3.32. The summed E-state index contributed by atoms with van der Waals surface area (Å²) in [7, 11) is 0. The smallest absolute Gasteiger partial charge is 0.102 e. The molecule has 1 aromatic rings. The highest BCUT2D eigenvalue weighted by molar-refractivity contribution is 5.45. The Morgan fingerprint density at radius 2 is 1.93 bits per heavy atom. The molecule has 72 valence electrons. The maximum Gasteiger partial charge on any atom is 0.102 e. The van der Waals surface area contributed by atoms with Gasteiger partial charge in [0.15, 0.2) is 0 Å². The van der Waals surface area contributed by atoms with Gasteiger partial charge >= 0.3 is 0 Å². The van der Waals surface area contributed by atoms with Crippen LogP contribution in [-0.4, -0.2) is 0 Å². The van der Waals surface area contributed by atoms with Crippen molar-refractivity contribution in [3.63, 3.8) is 0 Å². The standard InChI is InChI=1S/C13H14O/c1-2-3-9-4-5-10-11(8-9)13-7-6-12(10)14-13/h4-8,12-13H,2-3H2,1H3/t12-,13+/m0/s1. The molecule has 0 amide bonds. The highest BCUT2D eigenvalue weighted by atomic mass is 16.5. The molecule has 0 spiro atoms. The van der Waals surface area contributed by atoms with Crippen LogP contribution < -0.4 is 0 Å². The lowest BCUT2D eigenvalue weighted by Gasteiger charge is -2.08. The second kappa shape index (κ2) is 2.96. The largest absolute Gasteiger partial charge is 0.357 e. The number of hydrogen-bond acceptors (Lipinski definition) is 1. The number of fused-ring (bicyclic) bond motifs is 5. The van der Waals surface area contributed by atoms with E-state index in [1.807, 2.05) is 0 Å². The van der Waals surface area contributed by atoms with Crippen molar-refractivity contribution in [2.45, 2.75) is 32.0 Å². The third-order valence-electron chi connectivity index (χ3n) is 3.06. The van der Waals surface area contributed by atoms with Crippen molar-refractivity contribution in [2.75, 3.05) is 0 Å². The summed E-state index contributed by atoms with van der Waals surface area (Å²) in [5.41, 5.74) is 4.21. The van der Waals surface area contributed by atoms with Crippen molar-refractivity contribution in [1.82, 2.24) is 0 Å². The summed E-state index contributed by atoms with van der Waals surface area (Å²) in [6.07, 6.45) is 7.20. The fourth-order valence-corrected chi connectivity index (χ4v) is 2.38. The van der Waals surface area contributed by atoms with Gasteiger partial charge in [0.25, 0.3) is 0 Å². The first-order chi connectivity index (χ1) is 6.88. The molecule has 0 N–H and O–H groups in total. The van der Waals surface area contributed by atoms with Gasteiger partial charge in [0, 0.05) is 0 Å². The third-order valence-corrected chi connectivity index (χ3v) is 3.06. The van der Waals surface area contributed by atoms with Gasteiger partial charge in [0.1, 0.15) is 12.2 Å². The number of rotatable bonds is 2. The minimum absolute atomic E-state index is 0.241. The lowest BCUT2D eigenvalue weighted by Crippen LogP contribution is -1.94. The van der Waals surface area contributed by atoms with E-state index in [1.54, 1.807) is 0 Å². The molecule has 14 heavy (non-hydrogen) atoms.